The van der Waals surface area contributed by atoms with Gasteiger partial charge in [-0.3, -0.25) is 4.90 Å². The fraction of sp³-hybridized carbons (Fsp3) is 0.500. The van der Waals surface area contributed by atoms with Crippen molar-refractivity contribution < 1.29 is 14.3 Å². The maximum atomic E-state index is 11.7. The highest BCUT2D eigenvalue weighted by atomic mass is 35.5. The minimum atomic E-state index is -0.257. The fourth-order valence-electron chi connectivity index (χ4n) is 2.47. The molecule has 1 heterocycles. The van der Waals surface area contributed by atoms with Gasteiger partial charge in [-0.05, 0) is 25.1 Å². The summed E-state index contributed by atoms with van der Waals surface area (Å²) in [5.41, 5.74) is 0.942. The summed E-state index contributed by atoms with van der Waals surface area (Å²) in [5, 5.41) is 9.29. The lowest BCUT2D eigenvalue weighted by molar-refractivity contribution is 0.0776. The summed E-state index contributed by atoms with van der Waals surface area (Å²) in [7, 11) is 0. The molecular weight excluding hydrogens is 318 g/mol. The highest BCUT2D eigenvalue weighted by Crippen LogP contribution is 2.25. The van der Waals surface area contributed by atoms with Crippen LogP contribution in [0.5, 0.6) is 5.75 Å². The zero-order valence-electron chi connectivity index (χ0n) is 13.1. The van der Waals surface area contributed by atoms with Crippen LogP contribution in [0.2, 0.25) is 5.02 Å². The third kappa shape index (κ3) is 5.02. The van der Waals surface area contributed by atoms with E-state index in [1.54, 1.807) is 24.0 Å². The van der Waals surface area contributed by atoms with Crippen molar-refractivity contribution in [3.63, 3.8) is 0 Å². The van der Waals surface area contributed by atoms with Crippen LogP contribution in [0.3, 0.4) is 0 Å². The Balaban J connectivity index is 1.94. The van der Waals surface area contributed by atoms with E-state index in [4.69, 9.17) is 26.3 Å². The molecule has 0 radical (unpaired) electrons. The number of rotatable bonds is 5. The molecule has 0 saturated carbocycles. The number of carbonyl (C=O) groups is 1. The molecule has 7 heteroatoms. The van der Waals surface area contributed by atoms with E-state index in [0.717, 1.165) is 18.7 Å². The molecule has 6 nitrogen and oxygen atoms in total. The van der Waals surface area contributed by atoms with Crippen molar-refractivity contribution in [1.82, 2.24) is 9.80 Å². The van der Waals surface area contributed by atoms with E-state index in [9.17, 15) is 4.79 Å². The number of hydrogen-bond acceptors (Lipinski definition) is 5. The Morgan fingerprint density at radius 2 is 2.09 bits per heavy atom. The van der Waals surface area contributed by atoms with Crippen LogP contribution in [0, 0.1) is 11.3 Å². The van der Waals surface area contributed by atoms with Gasteiger partial charge in [-0.2, -0.15) is 5.26 Å². The number of nitrogens with zero attached hydrogens (tertiary/aromatic N) is 3. The lowest BCUT2D eigenvalue weighted by atomic mass is 10.1. The molecular formula is C16H20ClN3O3. The number of ether oxygens (including phenoxy) is 2. The maximum Gasteiger partial charge on any atom is 0.409 e. The normalized spacial score (nSPS) is 15.1. The summed E-state index contributed by atoms with van der Waals surface area (Å²) in [5.74, 6) is 0.670. The highest BCUT2D eigenvalue weighted by molar-refractivity contribution is 6.30. The minimum absolute atomic E-state index is 0.00523. The van der Waals surface area contributed by atoms with Gasteiger partial charge < -0.3 is 14.4 Å². The Morgan fingerprint density at radius 1 is 1.35 bits per heavy atom. The topological polar surface area (TPSA) is 65.8 Å². The first-order valence-electron chi connectivity index (χ1n) is 7.56. The minimum Gasteiger partial charge on any atom is -0.478 e. The Bertz CT molecular complexity index is 580. The molecule has 1 aliphatic heterocycles. The average molecular weight is 338 g/mol. The average Bonchev–Trinajstić information content (AvgIpc) is 2.55. The molecule has 0 bridgehead atoms. The summed E-state index contributed by atoms with van der Waals surface area (Å²) < 4.78 is 10.5. The Labute approximate surface area is 141 Å². The first kappa shape index (κ1) is 17.4. The second-order valence-electron chi connectivity index (χ2n) is 5.16. The van der Waals surface area contributed by atoms with Crippen LogP contribution >= 0.6 is 11.6 Å². The van der Waals surface area contributed by atoms with Crippen LogP contribution in [-0.2, 0) is 11.3 Å². The van der Waals surface area contributed by atoms with E-state index in [1.807, 2.05) is 12.1 Å². The molecule has 0 aliphatic carbocycles. The smallest absolute Gasteiger partial charge is 0.409 e. The highest BCUT2D eigenvalue weighted by Gasteiger charge is 2.22. The van der Waals surface area contributed by atoms with Crippen LogP contribution < -0.4 is 4.74 Å². The molecule has 0 atom stereocenters. The third-order valence-electron chi connectivity index (χ3n) is 3.61. The van der Waals surface area contributed by atoms with Crippen molar-refractivity contribution in [3.05, 3.63) is 28.8 Å². The molecule has 1 fully saturated rings. The second kappa shape index (κ2) is 8.61. The van der Waals surface area contributed by atoms with Gasteiger partial charge in [-0.1, -0.05) is 11.6 Å². The summed E-state index contributed by atoms with van der Waals surface area (Å²) in [6, 6.07) is 7.35. The SMILES string of the molecule is CCOC(=O)N1CCN(Cc2cc(Cl)ccc2OCC#N)CC1. The standard InChI is InChI=1S/C16H20ClN3O3/c1-2-22-16(21)20-8-6-19(7-9-20)12-13-11-14(17)3-4-15(13)23-10-5-18/h3-4,11H,2,6-10,12H2,1H3. The van der Waals surface area contributed by atoms with E-state index in [1.165, 1.54) is 0 Å². The molecule has 0 N–H and O–H groups in total. The van der Waals surface area contributed by atoms with Gasteiger partial charge in [0.05, 0.1) is 6.61 Å². The zero-order valence-corrected chi connectivity index (χ0v) is 13.9. The number of nitriles is 1. The fourth-order valence-corrected chi connectivity index (χ4v) is 2.66. The van der Waals surface area contributed by atoms with Crippen LogP contribution in [0.4, 0.5) is 4.79 Å². The van der Waals surface area contributed by atoms with Crippen molar-refractivity contribution in [2.24, 2.45) is 0 Å². The first-order valence-corrected chi connectivity index (χ1v) is 7.94. The van der Waals surface area contributed by atoms with Gasteiger partial charge >= 0.3 is 6.09 Å². The molecule has 1 saturated heterocycles. The number of piperazine rings is 1. The molecule has 1 aromatic rings. The van der Waals surface area contributed by atoms with Gasteiger partial charge in [0.2, 0.25) is 0 Å². The molecule has 0 aromatic heterocycles. The molecule has 0 unspecified atom stereocenters. The van der Waals surface area contributed by atoms with Crippen molar-refractivity contribution in [2.45, 2.75) is 13.5 Å². The summed E-state index contributed by atoms with van der Waals surface area (Å²) >= 11 is 6.06. The molecule has 2 rings (SSSR count). The molecule has 124 valence electrons. The zero-order chi connectivity index (χ0) is 16.7. The predicted molar refractivity (Wildman–Crippen MR) is 86.4 cm³/mol. The van der Waals surface area contributed by atoms with Gasteiger partial charge in [0.15, 0.2) is 6.61 Å². The first-order chi connectivity index (χ1) is 11.1. The van der Waals surface area contributed by atoms with Gasteiger partial charge in [0.1, 0.15) is 11.8 Å². The van der Waals surface area contributed by atoms with Crippen molar-refractivity contribution in [1.29, 1.82) is 5.26 Å². The van der Waals surface area contributed by atoms with Gasteiger partial charge in [-0.25, -0.2) is 4.79 Å². The van der Waals surface area contributed by atoms with Crippen molar-refractivity contribution >= 4 is 17.7 Å². The van der Waals surface area contributed by atoms with Crippen molar-refractivity contribution in [3.8, 4) is 11.8 Å². The van der Waals surface area contributed by atoms with Gasteiger partial charge in [0.25, 0.3) is 0 Å². The predicted octanol–water partition coefficient (Wildman–Crippen LogP) is 2.52. The van der Waals surface area contributed by atoms with E-state index < -0.39 is 0 Å². The van der Waals surface area contributed by atoms with E-state index in [-0.39, 0.29) is 12.7 Å². The van der Waals surface area contributed by atoms with Crippen LogP contribution in [0.1, 0.15) is 12.5 Å². The van der Waals surface area contributed by atoms with Gasteiger partial charge in [-0.15, -0.1) is 0 Å². The summed E-state index contributed by atoms with van der Waals surface area (Å²) in [6.45, 7) is 5.63. The number of hydrogen-bond donors (Lipinski definition) is 0. The Hall–Kier alpha value is -1.97. The van der Waals surface area contributed by atoms with Crippen molar-refractivity contribution in [2.75, 3.05) is 39.4 Å². The molecule has 1 amide bonds. The summed E-state index contributed by atoms with van der Waals surface area (Å²) in [4.78, 5) is 15.6. The second-order valence-corrected chi connectivity index (χ2v) is 5.60. The Kier molecular flexibility index (Phi) is 6.51. The summed E-state index contributed by atoms with van der Waals surface area (Å²) in [6.07, 6.45) is -0.257. The van der Waals surface area contributed by atoms with E-state index in [2.05, 4.69) is 4.90 Å². The molecule has 1 aromatic carbocycles. The lowest BCUT2D eigenvalue weighted by Gasteiger charge is -2.34. The monoisotopic (exact) mass is 337 g/mol. The third-order valence-corrected chi connectivity index (χ3v) is 3.84. The number of benzene rings is 1. The van der Waals surface area contributed by atoms with E-state index in [0.29, 0.717) is 37.0 Å². The number of amides is 1. The largest absolute Gasteiger partial charge is 0.478 e. The van der Waals surface area contributed by atoms with Crippen LogP contribution in [-0.4, -0.2) is 55.3 Å². The molecule has 0 spiro atoms. The molecule has 23 heavy (non-hydrogen) atoms. The number of halogens is 1. The van der Waals surface area contributed by atoms with Gasteiger partial charge in [0, 0.05) is 43.3 Å². The van der Waals surface area contributed by atoms with E-state index >= 15 is 0 Å². The maximum absolute atomic E-state index is 11.7. The number of carbonyl (C=O) groups excluding carboxylic acids is 1. The lowest BCUT2D eigenvalue weighted by Crippen LogP contribution is -2.48. The van der Waals surface area contributed by atoms with Crippen LogP contribution in [0.15, 0.2) is 18.2 Å². The Morgan fingerprint density at radius 3 is 2.74 bits per heavy atom. The molecule has 1 aliphatic rings. The quantitative estimate of drug-likeness (QED) is 0.826. The van der Waals surface area contributed by atoms with Crippen LogP contribution in [0.25, 0.3) is 0 Å².